The van der Waals surface area contributed by atoms with Crippen molar-refractivity contribution >= 4 is 28.0 Å². The van der Waals surface area contributed by atoms with Crippen LogP contribution in [0.15, 0.2) is 75.9 Å². The number of nitrogens with two attached hydrogens (primary N) is 1. The highest BCUT2D eigenvalue weighted by atomic mass is 16.6. The van der Waals surface area contributed by atoms with Gasteiger partial charge in [-0.25, -0.2) is 4.79 Å². The molecule has 0 aliphatic carbocycles. The predicted molar refractivity (Wildman–Crippen MR) is 135 cm³/mol. The molecule has 0 fully saturated rings. The van der Waals surface area contributed by atoms with E-state index in [0.29, 0.717) is 28.0 Å². The average Bonchev–Trinajstić information content (AvgIpc) is 2.84. The summed E-state index contributed by atoms with van der Waals surface area (Å²) in [4.78, 5) is 24.2. The largest absolute Gasteiger partial charge is 0.497 e. The van der Waals surface area contributed by atoms with E-state index in [1.165, 1.54) is 12.1 Å². The molecule has 0 saturated heterocycles. The molecule has 0 spiro atoms. The third kappa shape index (κ3) is 3.58. The van der Waals surface area contributed by atoms with Gasteiger partial charge in [0.1, 0.15) is 11.3 Å². The molecule has 35 heavy (non-hydrogen) atoms. The van der Waals surface area contributed by atoms with Gasteiger partial charge in [0.25, 0.3) is 5.69 Å². The number of nitrogens with one attached hydrogen (secondary N) is 1. The fraction of sp³-hybridized carbons (Fsp3) is 0.222. The van der Waals surface area contributed by atoms with Crippen molar-refractivity contribution in [1.29, 1.82) is 0 Å². The van der Waals surface area contributed by atoms with Gasteiger partial charge in [-0.2, -0.15) is 0 Å². The molecule has 1 aromatic heterocycles. The summed E-state index contributed by atoms with van der Waals surface area (Å²) in [5.41, 5.74) is 9.33. The Hall–Kier alpha value is -4.33. The van der Waals surface area contributed by atoms with Gasteiger partial charge in [-0.1, -0.05) is 38.1 Å². The van der Waals surface area contributed by atoms with Crippen LogP contribution in [0.4, 0.5) is 17.1 Å². The Morgan fingerprint density at radius 3 is 2.49 bits per heavy atom. The molecule has 0 radical (unpaired) electrons. The smallest absolute Gasteiger partial charge is 0.342 e. The van der Waals surface area contributed by atoms with Crippen molar-refractivity contribution in [3.63, 3.8) is 0 Å². The molecular formula is C27H25N3O5. The Kier molecular flexibility index (Phi) is 5.24. The Bertz CT molecular complexity index is 1510. The molecule has 2 heterocycles. The van der Waals surface area contributed by atoms with Crippen LogP contribution in [0.1, 0.15) is 42.5 Å². The van der Waals surface area contributed by atoms with E-state index >= 15 is 0 Å². The van der Waals surface area contributed by atoms with Crippen LogP contribution < -0.4 is 21.4 Å². The number of benzene rings is 3. The van der Waals surface area contributed by atoms with Gasteiger partial charge in [0, 0.05) is 34.5 Å². The number of rotatable bonds is 4. The SMILES string of the molecule is COc1ccc2c(c1)[C@H](c1c(N)c3ccccc3oc1=O)C(C)(C)[C@H](c1ccc([N+](=O)[O-])cc1)N2. The maximum atomic E-state index is 13.4. The van der Waals surface area contributed by atoms with Crippen LogP contribution in [0.5, 0.6) is 5.75 Å². The molecule has 4 aromatic rings. The fourth-order valence-electron chi connectivity index (χ4n) is 5.24. The Balaban J connectivity index is 1.76. The van der Waals surface area contributed by atoms with E-state index < -0.39 is 21.9 Å². The molecule has 8 heteroatoms. The topological polar surface area (TPSA) is 121 Å². The van der Waals surface area contributed by atoms with Crippen molar-refractivity contribution in [2.45, 2.75) is 25.8 Å². The molecule has 0 unspecified atom stereocenters. The quantitative estimate of drug-likeness (QED) is 0.225. The van der Waals surface area contributed by atoms with Crippen LogP contribution in [-0.2, 0) is 0 Å². The monoisotopic (exact) mass is 471 g/mol. The number of nitro groups is 1. The molecule has 3 N–H and O–H groups in total. The van der Waals surface area contributed by atoms with Crippen molar-refractivity contribution in [3.05, 3.63) is 104 Å². The lowest BCUT2D eigenvalue weighted by Gasteiger charge is -2.47. The van der Waals surface area contributed by atoms with Crippen LogP contribution in [0.25, 0.3) is 11.0 Å². The van der Waals surface area contributed by atoms with Gasteiger partial charge in [-0.3, -0.25) is 10.1 Å². The number of para-hydroxylation sites is 1. The first-order valence-corrected chi connectivity index (χ1v) is 11.2. The number of nitrogen functional groups attached to an aromatic ring is 1. The normalized spacial score (nSPS) is 18.5. The summed E-state index contributed by atoms with van der Waals surface area (Å²) in [6.07, 6.45) is 0. The second kappa shape index (κ2) is 8.16. The van der Waals surface area contributed by atoms with Gasteiger partial charge in [-0.15, -0.1) is 0 Å². The third-order valence-corrected chi connectivity index (χ3v) is 6.97. The molecule has 5 rings (SSSR count). The Morgan fingerprint density at radius 2 is 1.80 bits per heavy atom. The van der Waals surface area contributed by atoms with Gasteiger partial charge >= 0.3 is 5.63 Å². The van der Waals surface area contributed by atoms with Crippen molar-refractivity contribution < 1.29 is 14.1 Å². The minimum Gasteiger partial charge on any atom is -0.497 e. The molecule has 3 aromatic carbocycles. The fourth-order valence-corrected chi connectivity index (χ4v) is 5.24. The van der Waals surface area contributed by atoms with E-state index in [1.807, 2.05) is 44.2 Å². The molecule has 178 valence electrons. The zero-order valence-electron chi connectivity index (χ0n) is 19.6. The zero-order valence-corrected chi connectivity index (χ0v) is 19.6. The second-order valence-corrected chi connectivity index (χ2v) is 9.35. The number of methoxy groups -OCH3 is 1. The lowest BCUT2D eigenvalue weighted by molar-refractivity contribution is -0.384. The van der Waals surface area contributed by atoms with Crippen LogP contribution in [0.2, 0.25) is 0 Å². The first kappa shape index (κ1) is 22.5. The number of ether oxygens (including phenoxy) is 1. The predicted octanol–water partition coefficient (Wildman–Crippen LogP) is 5.62. The summed E-state index contributed by atoms with van der Waals surface area (Å²) in [5.74, 6) is 0.207. The number of nitrogens with zero attached hydrogens (tertiary/aromatic N) is 1. The number of hydrogen-bond acceptors (Lipinski definition) is 7. The first-order valence-electron chi connectivity index (χ1n) is 11.2. The lowest BCUT2D eigenvalue weighted by Crippen LogP contribution is -2.41. The van der Waals surface area contributed by atoms with Crippen molar-refractivity contribution in [3.8, 4) is 5.75 Å². The van der Waals surface area contributed by atoms with Gasteiger partial charge in [0.05, 0.1) is 29.3 Å². The van der Waals surface area contributed by atoms with E-state index in [9.17, 15) is 14.9 Å². The summed E-state index contributed by atoms with van der Waals surface area (Å²) in [5, 5.41) is 15.4. The maximum Gasteiger partial charge on any atom is 0.342 e. The number of anilines is 2. The van der Waals surface area contributed by atoms with Gasteiger partial charge < -0.3 is 20.2 Å². The molecule has 1 aliphatic rings. The van der Waals surface area contributed by atoms with E-state index in [2.05, 4.69) is 5.32 Å². The van der Waals surface area contributed by atoms with E-state index in [4.69, 9.17) is 14.9 Å². The molecule has 0 amide bonds. The number of hydrogen-bond donors (Lipinski definition) is 2. The summed E-state index contributed by atoms with van der Waals surface area (Å²) in [7, 11) is 1.59. The number of fused-ring (bicyclic) bond motifs is 2. The van der Waals surface area contributed by atoms with Gasteiger partial charge in [0.15, 0.2) is 0 Å². The van der Waals surface area contributed by atoms with Crippen LogP contribution in [0, 0.1) is 15.5 Å². The Labute approximate surface area is 201 Å². The minimum absolute atomic E-state index is 0.0171. The third-order valence-electron chi connectivity index (χ3n) is 6.97. The molecule has 0 saturated carbocycles. The van der Waals surface area contributed by atoms with E-state index in [0.717, 1.165) is 16.8 Å². The highest BCUT2D eigenvalue weighted by Crippen LogP contribution is 2.56. The number of nitro benzene ring substituents is 1. The van der Waals surface area contributed by atoms with E-state index in [-0.39, 0.29) is 11.7 Å². The number of non-ortho nitro benzene ring substituents is 1. The van der Waals surface area contributed by atoms with E-state index in [1.54, 1.807) is 31.4 Å². The van der Waals surface area contributed by atoms with Gasteiger partial charge in [-0.05, 0) is 41.5 Å². The summed E-state index contributed by atoms with van der Waals surface area (Å²) in [6.45, 7) is 4.10. The molecule has 2 atom stereocenters. The maximum absolute atomic E-state index is 13.4. The molecule has 0 bridgehead atoms. The van der Waals surface area contributed by atoms with Crippen LogP contribution >= 0.6 is 0 Å². The summed E-state index contributed by atoms with van der Waals surface area (Å²) >= 11 is 0. The highest BCUT2D eigenvalue weighted by Gasteiger charge is 2.47. The first-order chi connectivity index (χ1) is 16.7. The van der Waals surface area contributed by atoms with Gasteiger partial charge in [0.2, 0.25) is 0 Å². The molecule has 1 aliphatic heterocycles. The van der Waals surface area contributed by atoms with Crippen molar-refractivity contribution in [1.82, 2.24) is 0 Å². The van der Waals surface area contributed by atoms with Crippen LogP contribution in [0.3, 0.4) is 0 Å². The minimum atomic E-state index is -0.596. The Morgan fingerprint density at radius 1 is 1.09 bits per heavy atom. The van der Waals surface area contributed by atoms with Crippen molar-refractivity contribution in [2.24, 2.45) is 5.41 Å². The standard InChI is InChI=1S/C27H25N3O5/c1-27(2)23(22-24(28)18-6-4-5-7-21(18)35-26(22)31)19-14-17(34-3)12-13-20(19)29-25(27)15-8-10-16(11-9-15)30(32)33/h4-14,23,25,29H,28H2,1-3H3/t23-,25+/m1/s1. The molecule has 8 nitrogen and oxygen atoms in total. The summed E-state index contributed by atoms with van der Waals surface area (Å²) in [6, 6.07) is 19.1. The molecular weight excluding hydrogens is 446 g/mol. The van der Waals surface area contributed by atoms with Crippen molar-refractivity contribution in [2.75, 3.05) is 18.2 Å². The van der Waals surface area contributed by atoms with Crippen LogP contribution in [-0.4, -0.2) is 12.0 Å². The second-order valence-electron chi connectivity index (χ2n) is 9.35. The zero-order chi connectivity index (χ0) is 24.9. The summed E-state index contributed by atoms with van der Waals surface area (Å²) < 4.78 is 11.2. The highest BCUT2D eigenvalue weighted by molar-refractivity contribution is 5.90. The lowest BCUT2D eigenvalue weighted by atomic mass is 9.63. The average molecular weight is 472 g/mol.